The predicted octanol–water partition coefficient (Wildman–Crippen LogP) is 2.27. The number of hydrogen-bond donors (Lipinski definition) is 3. The second-order valence-corrected chi connectivity index (χ2v) is 11.1. The molecule has 6 rings (SSSR count). The van der Waals surface area contributed by atoms with Gasteiger partial charge in [0, 0.05) is 18.6 Å². The van der Waals surface area contributed by atoms with Gasteiger partial charge in [0.05, 0.1) is 23.6 Å². The third-order valence-electron chi connectivity index (χ3n) is 9.21. The molecular formula is C21H32BrNO4. The number of halogens is 1. The zero-order valence-electron chi connectivity index (χ0n) is 16.3. The fourth-order valence-corrected chi connectivity index (χ4v) is 8.52. The second kappa shape index (κ2) is 5.79. The van der Waals surface area contributed by atoms with Crippen LogP contribution in [0, 0.1) is 16.7 Å². The number of aliphatic hydroxyl groups excluding tert-OH is 2. The monoisotopic (exact) mass is 441 g/mol. The van der Waals surface area contributed by atoms with Gasteiger partial charge in [-0.3, -0.25) is 0 Å². The minimum atomic E-state index is -0.592. The summed E-state index contributed by atoms with van der Waals surface area (Å²) in [6.45, 7) is 2.88. The molecular weight excluding hydrogens is 410 g/mol. The van der Waals surface area contributed by atoms with Crippen LogP contribution >= 0.6 is 15.9 Å². The van der Waals surface area contributed by atoms with Crippen molar-refractivity contribution in [3.8, 4) is 0 Å². The lowest BCUT2D eigenvalue weighted by atomic mass is 9.53. The van der Waals surface area contributed by atoms with Crippen LogP contribution in [0.5, 0.6) is 0 Å². The molecule has 2 aliphatic heterocycles. The van der Waals surface area contributed by atoms with Crippen molar-refractivity contribution < 1.29 is 19.7 Å². The van der Waals surface area contributed by atoms with E-state index < -0.39 is 17.3 Å². The Bertz CT molecular complexity index is 675. The van der Waals surface area contributed by atoms with Gasteiger partial charge in [-0.05, 0) is 67.9 Å². The molecule has 0 aromatic heterocycles. The maximum absolute atomic E-state index is 10.8. The van der Waals surface area contributed by atoms with Crippen molar-refractivity contribution in [3.63, 3.8) is 0 Å². The van der Waals surface area contributed by atoms with Crippen LogP contribution in [-0.4, -0.2) is 58.2 Å². The first-order valence-electron chi connectivity index (χ1n) is 10.4. The summed E-state index contributed by atoms with van der Waals surface area (Å²) in [6.07, 6.45) is 7.75. The largest absolute Gasteiger partial charge is 0.393 e. The van der Waals surface area contributed by atoms with Crippen molar-refractivity contribution in [2.24, 2.45) is 22.5 Å². The molecule has 0 aromatic carbocycles. The van der Waals surface area contributed by atoms with E-state index in [1.165, 1.54) is 5.57 Å². The van der Waals surface area contributed by atoms with Crippen LogP contribution in [0.25, 0.3) is 0 Å². The molecule has 0 radical (unpaired) electrons. The van der Waals surface area contributed by atoms with E-state index in [0.717, 1.165) is 44.9 Å². The van der Waals surface area contributed by atoms with Gasteiger partial charge in [0.15, 0.2) is 0 Å². The Kier molecular flexibility index (Phi) is 4.08. The summed E-state index contributed by atoms with van der Waals surface area (Å²) < 4.78 is 13.2. The van der Waals surface area contributed by atoms with E-state index in [-0.39, 0.29) is 33.7 Å². The van der Waals surface area contributed by atoms with E-state index in [1.807, 2.05) is 0 Å². The number of rotatable bonds is 1. The van der Waals surface area contributed by atoms with Gasteiger partial charge in [0.25, 0.3) is 0 Å². The first-order valence-corrected chi connectivity index (χ1v) is 11.3. The van der Waals surface area contributed by atoms with Crippen LogP contribution in [0.4, 0.5) is 0 Å². The molecule has 6 aliphatic rings. The van der Waals surface area contributed by atoms with E-state index in [2.05, 4.69) is 28.9 Å². The van der Waals surface area contributed by atoms with E-state index in [4.69, 9.17) is 15.2 Å². The molecule has 4 N–H and O–H groups in total. The lowest BCUT2D eigenvalue weighted by molar-refractivity contribution is -0.273. The lowest BCUT2D eigenvalue weighted by Crippen LogP contribution is -2.68. The van der Waals surface area contributed by atoms with Crippen LogP contribution < -0.4 is 5.73 Å². The summed E-state index contributed by atoms with van der Waals surface area (Å²) in [5.74, 6) is 0.287. The summed E-state index contributed by atoms with van der Waals surface area (Å²) in [7, 11) is 1.80. The Morgan fingerprint density at radius 3 is 2.67 bits per heavy atom. The fourth-order valence-electron chi connectivity index (χ4n) is 7.51. The highest BCUT2D eigenvalue weighted by Crippen LogP contribution is 2.68. The molecule has 2 heterocycles. The van der Waals surface area contributed by atoms with Crippen molar-refractivity contribution in [1.29, 1.82) is 0 Å². The molecule has 5 nitrogen and oxygen atoms in total. The van der Waals surface area contributed by atoms with Crippen LogP contribution in [0.15, 0.2) is 11.6 Å². The normalized spacial score (nSPS) is 59.5. The van der Waals surface area contributed by atoms with Gasteiger partial charge in [-0.15, -0.1) is 0 Å². The van der Waals surface area contributed by atoms with Gasteiger partial charge in [-0.1, -0.05) is 22.9 Å². The van der Waals surface area contributed by atoms with E-state index >= 15 is 0 Å². The highest BCUT2D eigenvalue weighted by Gasteiger charge is 2.71. The maximum atomic E-state index is 10.8. The topological polar surface area (TPSA) is 84.9 Å². The third-order valence-corrected chi connectivity index (χ3v) is 10.2. The van der Waals surface area contributed by atoms with Crippen molar-refractivity contribution in [1.82, 2.24) is 0 Å². The zero-order valence-corrected chi connectivity index (χ0v) is 17.9. The van der Waals surface area contributed by atoms with Crippen LogP contribution in [0.1, 0.15) is 51.9 Å². The molecule has 6 heteroatoms. The number of methoxy groups -OCH3 is 1. The quantitative estimate of drug-likeness (QED) is 0.429. The maximum Gasteiger partial charge on any atom is 0.115 e. The molecule has 27 heavy (non-hydrogen) atoms. The van der Waals surface area contributed by atoms with Crippen LogP contribution in [0.3, 0.4) is 0 Å². The van der Waals surface area contributed by atoms with E-state index in [9.17, 15) is 10.2 Å². The van der Waals surface area contributed by atoms with Crippen molar-refractivity contribution >= 4 is 15.9 Å². The molecule has 152 valence electrons. The van der Waals surface area contributed by atoms with Gasteiger partial charge in [0.2, 0.25) is 0 Å². The zero-order chi connectivity index (χ0) is 19.2. The summed E-state index contributed by atoms with van der Waals surface area (Å²) >= 11 is 3.76. The number of aliphatic hydroxyl groups is 2. The van der Waals surface area contributed by atoms with Crippen molar-refractivity contribution in [2.75, 3.05) is 13.7 Å². The minimum Gasteiger partial charge on any atom is -0.393 e. The molecule has 3 saturated carbocycles. The van der Waals surface area contributed by atoms with Gasteiger partial charge in [0.1, 0.15) is 11.2 Å². The molecule has 2 spiro atoms. The highest BCUT2D eigenvalue weighted by molar-refractivity contribution is 9.09. The molecule has 0 amide bonds. The number of fused-ring (bicyclic) bond motifs is 3. The first-order chi connectivity index (χ1) is 12.7. The van der Waals surface area contributed by atoms with Crippen LogP contribution in [-0.2, 0) is 9.47 Å². The smallest absolute Gasteiger partial charge is 0.115 e. The number of hydrogen-bond acceptors (Lipinski definition) is 5. The Morgan fingerprint density at radius 1 is 1.22 bits per heavy atom. The predicted molar refractivity (Wildman–Crippen MR) is 106 cm³/mol. The van der Waals surface area contributed by atoms with Gasteiger partial charge in [-0.25, -0.2) is 0 Å². The SMILES string of the molecule is CO[C@@]12C=C3[C@H](Br)[C@H](O)[C@@H](N)C[C@]34CC[C@]1(OC4)[C@@H]1CC[C@H](O)[C@@]1(C)CC2. The molecule has 1 saturated heterocycles. The summed E-state index contributed by atoms with van der Waals surface area (Å²) in [5.41, 5.74) is 6.41. The van der Waals surface area contributed by atoms with E-state index in [1.54, 1.807) is 7.11 Å². The Morgan fingerprint density at radius 2 is 2.00 bits per heavy atom. The second-order valence-electron chi connectivity index (χ2n) is 10.1. The average Bonchev–Trinajstić information content (AvgIpc) is 2.84. The standard InChI is InChI=1S/C21H32BrNO4/c1-18-5-7-20(26-2)9-12-16(22)17(25)13(23)10-19(12)6-8-21(20,27-11-19)14(18)3-4-15(18)24/h9,13-17,24-25H,3-8,10-11,23H2,1-2H3/t13-,14+,15-,16-,17+,18-,19-,20-,21-/m0/s1. The molecule has 4 fully saturated rings. The summed E-state index contributed by atoms with van der Waals surface area (Å²) in [4.78, 5) is -0.159. The molecule has 2 bridgehead atoms. The number of alkyl halides is 1. The molecule has 9 atom stereocenters. The van der Waals surface area contributed by atoms with Gasteiger partial charge >= 0.3 is 0 Å². The van der Waals surface area contributed by atoms with Crippen LogP contribution in [0.2, 0.25) is 0 Å². The lowest BCUT2D eigenvalue weighted by Gasteiger charge is -2.61. The number of nitrogens with two attached hydrogens (primary N) is 1. The van der Waals surface area contributed by atoms with Gasteiger partial charge < -0.3 is 25.4 Å². The molecule has 0 unspecified atom stereocenters. The summed E-state index contributed by atoms with van der Waals surface area (Å²) in [6, 6.07) is -0.249. The summed E-state index contributed by atoms with van der Waals surface area (Å²) in [5, 5.41) is 21.4. The highest BCUT2D eigenvalue weighted by atomic mass is 79.9. The van der Waals surface area contributed by atoms with E-state index in [0.29, 0.717) is 6.61 Å². The average molecular weight is 442 g/mol. The molecule has 0 aromatic rings. The van der Waals surface area contributed by atoms with Gasteiger partial charge in [-0.2, -0.15) is 0 Å². The molecule has 4 aliphatic carbocycles. The fraction of sp³-hybridized carbons (Fsp3) is 0.905. The Balaban J connectivity index is 1.68. The minimum absolute atomic E-state index is 0.107. The van der Waals surface area contributed by atoms with Crippen molar-refractivity contribution in [3.05, 3.63) is 11.6 Å². The van der Waals surface area contributed by atoms with Crippen molar-refractivity contribution in [2.45, 2.75) is 86.1 Å². The third kappa shape index (κ3) is 2.13. The Hall–Kier alpha value is 0.0200. The number of ether oxygens (including phenoxy) is 2. The Labute approximate surface area is 169 Å². The first kappa shape index (κ1) is 19.0.